The van der Waals surface area contributed by atoms with E-state index < -0.39 is 8.32 Å². The SMILES string of the molecule is CC1=C(O[Si](C)(C)C)[C@@H]2C[C@H]1[C@H]1CCC[C@H]12. The Bertz CT molecular complexity index is 339. The molecule has 0 heterocycles. The van der Waals surface area contributed by atoms with Crippen LogP contribution in [-0.4, -0.2) is 8.32 Å². The molecule has 0 aromatic carbocycles. The van der Waals surface area contributed by atoms with E-state index in [2.05, 4.69) is 26.6 Å². The molecule has 1 nitrogen and oxygen atoms in total. The van der Waals surface area contributed by atoms with Crippen molar-refractivity contribution < 1.29 is 4.43 Å². The number of rotatable bonds is 2. The topological polar surface area (TPSA) is 9.23 Å². The van der Waals surface area contributed by atoms with Gasteiger partial charge in [0.05, 0.1) is 5.76 Å². The van der Waals surface area contributed by atoms with Crippen LogP contribution in [0.15, 0.2) is 11.3 Å². The zero-order chi connectivity index (χ0) is 11.5. The van der Waals surface area contributed by atoms with Crippen LogP contribution in [-0.2, 0) is 4.43 Å². The maximum Gasteiger partial charge on any atom is 0.241 e. The highest BCUT2D eigenvalue weighted by atomic mass is 28.4. The van der Waals surface area contributed by atoms with E-state index in [4.69, 9.17) is 4.43 Å². The smallest absolute Gasteiger partial charge is 0.241 e. The first-order valence-corrected chi connectivity index (χ1v) is 10.3. The molecule has 0 spiro atoms. The fourth-order valence-corrected chi connectivity index (χ4v) is 5.37. The molecule has 0 radical (unpaired) electrons. The van der Waals surface area contributed by atoms with Crippen molar-refractivity contribution in [2.75, 3.05) is 0 Å². The molecule has 16 heavy (non-hydrogen) atoms. The molecule has 90 valence electrons. The zero-order valence-electron chi connectivity index (χ0n) is 11.0. The fraction of sp³-hybridized carbons (Fsp3) is 0.857. The molecule has 2 saturated carbocycles. The third kappa shape index (κ3) is 1.49. The first-order chi connectivity index (χ1) is 7.47. The minimum absolute atomic E-state index is 0.809. The summed E-state index contributed by atoms with van der Waals surface area (Å²) >= 11 is 0. The van der Waals surface area contributed by atoms with Crippen molar-refractivity contribution in [1.82, 2.24) is 0 Å². The van der Waals surface area contributed by atoms with Gasteiger partial charge in [-0.15, -0.1) is 0 Å². The molecule has 0 amide bonds. The van der Waals surface area contributed by atoms with Gasteiger partial charge < -0.3 is 4.43 Å². The van der Waals surface area contributed by atoms with E-state index in [9.17, 15) is 0 Å². The van der Waals surface area contributed by atoms with Crippen LogP contribution in [0.3, 0.4) is 0 Å². The monoisotopic (exact) mass is 236 g/mol. The second kappa shape index (κ2) is 3.38. The Morgan fingerprint density at radius 1 is 1.06 bits per heavy atom. The molecule has 3 aliphatic rings. The largest absolute Gasteiger partial charge is 0.547 e. The number of fused-ring (bicyclic) bond motifs is 5. The van der Waals surface area contributed by atoms with Gasteiger partial charge in [0, 0.05) is 5.92 Å². The average Bonchev–Trinajstić information content (AvgIpc) is 2.75. The Balaban J connectivity index is 1.87. The van der Waals surface area contributed by atoms with E-state index in [1.807, 2.05) is 0 Å². The standard InChI is InChI=1S/C14H24OSi/c1-9-12-8-13(11-7-5-6-10(11)12)14(9)15-16(2,3)4/h10-13H,5-8H2,1-4H3/t10-,11+,12+,13+/m0/s1. The summed E-state index contributed by atoms with van der Waals surface area (Å²) in [6.45, 7) is 9.27. The molecule has 0 unspecified atom stereocenters. The van der Waals surface area contributed by atoms with Crippen LogP contribution in [0.4, 0.5) is 0 Å². The van der Waals surface area contributed by atoms with Crippen molar-refractivity contribution >= 4 is 8.32 Å². The predicted molar refractivity (Wildman–Crippen MR) is 69.6 cm³/mol. The van der Waals surface area contributed by atoms with Crippen LogP contribution >= 0.6 is 0 Å². The van der Waals surface area contributed by atoms with Gasteiger partial charge in [0.15, 0.2) is 0 Å². The highest BCUT2D eigenvalue weighted by Crippen LogP contribution is 2.61. The average molecular weight is 236 g/mol. The van der Waals surface area contributed by atoms with Gasteiger partial charge in [0.1, 0.15) is 0 Å². The first kappa shape index (κ1) is 10.9. The molecule has 0 N–H and O–H groups in total. The van der Waals surface area contributed by atoms with Gasteiger partial charge in [0.25, 0.3) is 0 Å². The summed E-state index contributed by atoms with van der Waals surface area (Å²) < 4.78 is 6.37. The van der Waals surface area contributed by atoms with Crippen LogP contribution in [0.25, 0.3) is 0 Å². The number of hydrogen-bond acceptors (Lipinski definition) is 1. The summed E-state index contributed by atoms with van der Waals surface area (Å²) in [6.07, 6.45) is 5.85. The van der Waals surface area contributed by atoms with E-state index in [0.29, 0.717) is 0 Å². The van der Waals surface area contributed by atoms with Gasteiger partial charge in [-0.3, -0.25) is 0 Å². The molecule has 0 aromatic rings. The minimum atomic E-state index is -1.40. The summed E-state index contributed by atoms with van der Waals surface area (Å²) in [5, 5.41) is 0. The number of allylic oxidation sites excluding steroid dienone is 2. The van der Waals surface area contributed by atoms with Crippen molar-refractivity contribution in [2.45, 2.75) is 52.2 Å². The van der Waals surface area contributed by atoms with Crippen molar-refractivity contribution in [1.29, 1.82) is 0 Å². The van der Waals surface area contributed by atoms with Gasteiger partial charge in [-0.2, -0.15) is 0 Å². The second-order valence-electron chi connectivity index (χ2n) is 6.97. The lowest BCUT2D eigenvalue weighted by molar-refractivity contribution is 0.261. The fourth-order valence-electron chi connectivity index (χ4n) is 4.40. The maximum absolute atomic E-state index is 6.37. The summed E-state index contributed by atoms with van der Waals surface area (Å²) in [5.41, 5.74) is 1.62. The molecule has 4 atom stereocenters. The quantitative estimate of drug-likeness (QED) is 0.654. The third-order valence-corrected chi connectivity index (χ3v) is 5.70. The van der Waals surface area contributed by atoms with Crippen molar-refractivity contribution in [3.63, 3.8) is 0 Å². The van der Waals surface area contributed by atoms with E-state index in [-0.39, 0.29) is 0 Å². The Morgan fingerprint density at radius 2 is 1.69 bits per heavy atom. The van der Waals surface area contributed by atoms with Gasteiger partial charge in [-0.25, -0.2) is 0 Å². The molecule has 0 saturated heterocycles. The van der Waals surface area contributed by atoms with E-state index in [1.165, 1.54) is 31.4 Å². The summed E-state index contributed by atoms with van der Waals surface area (Å²) in [7, 11) is -1.40. The molecular weight excluding hydrogens is 212 g/mol. The first-order valence-electron chi connectivity index (χ1n) is 6.87. The lowest BCUT2D eigenvalue weighted by Crippen LogP contribution is -2.30. The zero-order valence-corrected chi connectivity index (χ0v) is 12.0. The van der Waals surface area contributed by atoms with Crippen LogP contribution in [0.2, 0.25) is 19.6 Å². The highest BCUT2D eigenvalue weighted by Gasteiger charge is 2.53. The van der Waals surface area contributed by atoms with Crippen molar-refractivity contribution in [3.05, 3.63) is 11.3 Å². The summed E-state index contributed by atoms with van der Waals surface area (Å²) in [6, 6.07) is 0. The van der Waals surface area contributed by atoms with Crippen LogP contribution in [0.5, 0.6) is 0 Å². The lowest BCUT2D eigenvalue weighted by atomic mass is 9.81. The van der Waals surface area contributed by atoms with Gasteiger partial charge in [-0.1, -0.05) is 6.42 Å². The predicted octanol–water partition coefficient (Wildman–Crippen LogP) is 4.18. The molecule has 3 aliphatic carbocycles. The minimum Gasteiger partial charge on any atom is -0.547 e. The van der Waals surface area contributed by atoms with Crippen LogP contribution in [0, 0.1) is 23.7 Å². The van der Waals surface area contributed by atoms with Gasteiger partial charge >= 0.3 is 0 Å². The van der Waals surface area contributed by atoms with Crippen LogP contribution < -0.4 is 0 Å². The second-order valence-corrected chi connectivity index (χ2v) is 11.4. The molecule has 0 aromatic heterocycles. The molecular formula is C14H24OSi. The normalized spacial score (nSPS) is 41.8. The Labute approximate surface area is 100 Å². The molecule has 2 heteroatoms. The van der Waals surface area contributed by atoms with Gasteiger partial charge in [-0.05, 0) is 69.2 Å². The van der Waals surface area contributed by atoms with Gasteiger partial charge in [0.2, 0.25) is 8.32 Å². The van der Waals surface area contributed by atoms with E-state index in [1.54, 1.807) is 5.57 Å². The number of hydrogen-bond donors (Lipinski definition) is 0. The third-order valence-electron chi connectivity index (χ3n) is 4.86. The van der Waals surface area contributed by atoms with Crippen molar-refractivity contribution in [3.8, 4) is 0 Å². The Kier molecular flexibility index (Phi) is 2.30. The molecule has 0 aliphatic heterocycles. The summed E-state index contributed by atoms with van der Waals surface area (Å²) in [4.78, 5) is 0. The van der Waals surface area contributed by atoms with Crippen LogP contribution in [0.1, 0.15) is 32.6 Å². The molecule has 2 fully saturated rings. The Hall–Kier alpha value is -0.243. The maximum atomic E-state index is 6.37. The van der Waals surface area contributed by atoms with E-state index >= 15 is 0 Å². The Morgan fingerprint density at radius 3 is 2.31 bits per heavy atom. The molecule has 3 rings (SSSR count). The van der Waals surface area contributed by atoms with Crippen molar-refractivity contribution in [2.24, 2.45) is 23.7 Å². The highest BCUT2D eigenvalue weighted by molar-refractivity contribution is 6.70. The van der Waals surface area contributed by atoms with E-state index in [0.717, 1.165) is 23.7 Å². The lowest BCUT2D eigenvalue weighted by Gasteiger charge is -2.32. The molecule has 2 bridgehead atoms. The summed E-state index contributed by atoms with van der Waals surface area (Å²) in [5.74, 6) is 5.15.